The van der Waals surface area contributed by atoms with Gasteiger partial charge in [-0.2, -0.15) is 5.10 Å². The van der Waals surface area contributed by atoms with Crippen LogP contribution in [-0.4, -0.2) is 27.8 Å². The summed E-state index contributed by atoms with van der Waals surface area (Å²) in [5, 5.41) is 6.32. The van der Waals surface area contributed by atoms with Gasteiger partial charge in [0, 0.05) is 11.3 Å². The van der Waals surface area contributed by atoms with Crippen molar-refractivity contribution in [3.05, 3.63) is 89.2 Å². The van der Waals surface area contributed by atoms with E-state index in [1.54, 1.807) is 6.21 Å². The number of nitrogens with one attached hydrogen (secondary N) is 1. The molecule has 35 heavy (non-hydrogen) atoms. The minimum atomic E-state index is -0.925. The molecule has 5 rings (SSSR count). The average Bonchev–Trinajstić information content (AvgIpc) is 3.28. The van der Waals surface area contributed by atoms with Crippen molar-refractivity contribution < 1.29 is 13.5 Å². The Hall–Kier alpha value is -4.20. The Morgan fingerprint density at radius 3 is 2.66 bits per heavy atom. The van der Waals surface area contributed by atoms with Crippen molar-refractivity contribution in [2.45, 2.75) is 26.4 Å². The first-order valence-corrected chi connectivity index (χ1v) is 11.5. The molecular weight excluding hydrogens is 448 g/mol. The van der Waals surface area contributed by atoms with Crippen LogP contribution in [-0.2, 0) is 13.1 Å². The molecule has 0 saturated heterocycles. The van der Waals surface area contributed by atoms with Crippen LogP contribution in [0.4, 0.5) is 14.5 Å². The van der Waals surface area contributed by atoms with Crippen LogP contribution in [0.25, 0.3) is 22.5 Å². The third-order valence-electron chi connectivity index (χ3n) is 5.82. The van der Waals surface area contributed by atoms with Gasteiger partial charge in [0.2, 0.25) is 0 Å². The topological polar surface area (TPSA) is 79.5 Å². The molecule has 0 unspecified atom stereocenters. The largest absolute Gasteiger partial charge is 0.494 e. The standard InChI is InChI=1S/C27H25F2N5O/c1-2-12-35-19-9-7-18(8-10-19)20-11-6-17(13-23(20)30)15-34-16-25-24(14-31-34)32-27(33-25)21-4-3-5-22(28)26(21)29/h3-11,13-14H,2,12,15-16,30H2,1H3,(H,32,33). The van der Waals surface area contributed by atoms with Crippen molar-refractivity contribution in [1.82, 2.24) is 15.0 Å². The van der Waals surface area contributed by atoms with Crippen molar-refractivity contribution in [3.63, 3.8) is 0 Å². The number of aromatic amines is 1. The number of aromatic nitrogens is 2. The zero-order chi connectivity index (χ0) is 24.4. The Kier molecular flexibility index (Phi) is 6.18. The molecule has 2 heterocycles. The molecular formula is C27H25F2N5O. The van der Waals surface area contributed by atoms with Crippen LogP contribution >= 0.6 is 0 Å². The van der Waals surface area contributed by atoms with Gasteiger partial charge >= 0.3 is 0 Å². The molecule has 4 aromatic rings. The summed E-state index contributed by atoms with van der Waals surface area (Å²) < 4.78 is 33.4. The molecule has 0 atom stereocenters. The molecule has 0 radical (unpaired) electrons. The number of nitrogen functional groups attached to an aromatic ring is 1. The van der Waals surface area contributed by atoms with Crippen molar-refractivity contribution in [3.8, 4) is 28.3 Å². The second kappa shape index (κ2) is 9.58. The quantitative estimate of drug-likeness (QED) is 0.335. The van der Waals surface area contributed by atoms with E-state index in [0.717, 1.165) is 34.9 Å². The van der Waals surface area contributed by atoms with Crippen LogP contribution in [0.2, 0.25) is 0 Å². The number of hydrogen-bond donors (Lipinski definition) is 2. The predicted molar refractivity (Wildman–Crippen MR) is 133 cm³/mol. The van der Waals surface area contributed by atoms with Crippen LogP contribution in [0.5, 0.6) is 5.75 Å². The number of H-pyrrole nitrogens is 1. The van der Waals surface area contributed by atoms with Gasteiger partial charge in [-0.3, -0.25) is 5.01 Å². The number of hydrazone groups is 1. The van der Waals surface area contributed by atoms with Crippen molar-refractivity contribution in [2.24, 2.45) is 5.10 Å². The van der Waals surface area contributed by atoms with Crippen LogP contribution in [0.3, 0.4) is 0 Å². The van der Waals surface area contributed by atoms with E-state index in [0.29, 0.717) is 36.8 Å². The molecule has 3 N–H and O–H groups in total. The molecule has 1 aliphatic heterocycles. The van der Waals surface area contributed by atoms with Crippen molar-refractivity contribution >= 4 is 11.9 Å². The molecule has 0 aliphatic carbocycles. The van der Waals surface area contributed by atoms with Gasteiger partial charge in [-0.05, 0) is 47.9 Å². The van der Waals surface area contributed by atoms with Crippen LogP contribution in [0, 0.1) is 11.6 Å². The van der Waals surface area contributed by atoms with Gasteiger partial charge in [0.15, 0.2) is 11.6 Å². The van der Waals surface area contributed by atoms with Gasteiger partial charge in [-0.1, -0.05) is 37.3 Å². The highest BCUT2D eigenvalue weighted by molar-refractivity contribution is 5.81. The first-order valence-electron chi connectivity index (χ1n) is 11.5. The molecule has 1 aromatic heterocycles. The summed E-state index contributed by atoms with van der Waals surface area (Å²) in [6.07, 6.45) is 2.61. The first kappa shape index (κ1) is 22.6. The Morgan fingerprint density at radius 2 is 1.89 bits per heavy atom. The lowest BCUT2D eigenvalue weighted by molar-refractivity contribution is 0.265. The molecule has 1 aliphatic rings. The molecule has 3 aromatic carbocycles. The van der Waals surface area contributed by atoms with E-state index in [4.69, 9.17) is 10.5 Å². The van der Waals surface area contributed by atoms with Gasteiger partial charge in [-0.25, -0.2) is 13.8 Å². The van der Waals surface area contributed by atoms with E-state index in [1.165, 1.54) is 12.1 Å². The number of ether oxygens (including phenoxy) is 1. The number of halogens is 2. The fourth-order valence-corrected chi connectivity index (χ4v) is 4.05. The summed E-state index contributed by atoms with van der Waals surface area (Å²) in [5.74, 6) is -0.713. The van der Waals surface area contributed by atoms with Crippen molar-refractivity contribution in [1.29, 1.82) is 0 Å². The van der Waals surface area contributed by atoms with Crippen LogP contribution in [0.15, 0.2) is 65.8 Å². The lowest BCUT2D eigenvalue weighted by atomic mass is 10.0. The Balaban J connectivity index is 1.28. The van der Waals surface area contributed by atoms with E-state index in [2.05, 4.69) is 22.0 Å². The maximum atomic E-state index is 14.2. The van der Waals surface area contributed by atoms with Crippen molar-refractivity contribution in [2.75, 3.05) is 12.3 Å². The van der Waals surface area contributed by atoms with Gasteiger partial charge in [0.25, 0.3) is 0 Å². The minimum absolute atomic E-state index is 0.0904. The van der Waals surface area contributed by atoms with Crippen LogP contribution < -0.4 is 10.5 Å². The average molecular weight is 474 g/mol. The zero-order valence-electron chi connectivity index (χ0n) is 19.3. The van der Waals surface area contributed by atoms with E-state index in [-0.39, 0.29) is 11.4 Å². The number of hydrogen-bond acceptors (Lipinski definition) is 5. The number of imidazole rings is 1. The second-order valence-electron chi connectivity index (χ2n) is 8.41. The highest BCUT2D eigenvalue weighted by Crippen LogP contribution is 2.30. The molecule has 0 bridgehead atoms. The predicted octanol–water partition coefficient (Wildman–Crippen LogP) is 5.74. The zero-order valence-corrected chi connectivity index (χ0v) is 19.3. The summed E-state index contributed by atoms with van der Waals surface area (Å²) in [5.41, 5.74) is 11.5. The molecule has 0 saturated carbocycles. The summed E-state index contributed by atoms with van der Waals surface area (Å²) in [4.78, 5) is 7.51. The van der Waals surface area contributed by atoms with Gasteiger partial charge in [-0.15, -0.1) is 0 Å². The SMILES string of the molecule is CCCOc1ccc(-c2ccc(CN3Cc4nc(-c5cccc(F)c5F)[nH]c4C=N3)cc2N)cc1. The van der Waals surface area contributed by atoms with Gasteiger partial charge in [0.05, 0.1) is 42.9 Å². The lowest BCUT2D eigenvalue weighted by Gasteiger charge is -2.21. The molecule has 0 spiro atoms. The number of benzene rings is 3. The third-order valence-corrected chi connectivity index (χ3v) is 5.82. The Labute approximate surface area is 202 Å². The number of nitrogens with two attached hydrogens (primary N) is 1. The lowest BCUT2D eigenvalue weighted by Crippen LogP contribution is -2.21. The molecule has 0 amide bonds. The number of anilines is 1. The third kappa shape index (κ3) is 4.73. The number of nitrogens with zero attached hydrogens (tertiary/aromatic N) is 3. The highest BCUT2D eigenvalue weighted by Gasteiger charge is 2.20. The fourth-order valence-electron chi connectivity index (χ4n) is 4.05. The maximum Gasteiger partial charge on any atom is 0.169 e. The van der Waals surface area contributed by atoms with Gasteiger partial charge < -0.3 is 15.5 Å². The number of rotatable bonds is 7. The molecule has 8 heteroatoms. The molecule has 6 nitrogen and oxygen atoms in total. The summed E-state index contributed by atoms with van der Waals surface area (Å²) in [6.45, 7) is 3.73. The normalized spacial score (nSPS) is 12.6. The van der Waals surface area contributed by atoms with E-state index in [1.807, 2.05) is 47.5 Å². The highest BCUT2D eigenvalue weighted by atomic mass is 19.2. The Bertz CT molecular complexity index is 1380. The number of fused-ring (bicyclic) bond motifs is 1. The van der Waals surface area contributed by atoms with E-state index >= 15 is 0 Å². The summed E-state index contributed by atoms with van der Waals surface area (Å²) >= 11 is 0. The van der Waals surface area contributed by atoms with Gasteiger partial charge in [0.1, 0.15) is 11.6 Å². The first-order chi connectivity index (χ1) is 17.0. The summed E-state index contributed by atoms with van der Waals surface area (Å²) in [7, 11) is 0. The maximum absolute atomic E-state index is 14.2. The Morgan fingerprint density at radius 1 is 1.06 bits per heavy atom. The smallest absolute Gasteiger partial charge is 0.169 e. The summed E-state index contributed by atoms with van der Waals surface area (Å²) in [6, 6.07) is 17.9. The van der Waals surface area contributed by atoms with E-state index < -0.39 is 11.6 Å². The fraction of sp³-hybridized carbons (Fsp3) is 0.185. The molecule has 0 fully saturated rings. The monoisotopic (exact) mass is 473 g/mol. The second-order valence-corrected chi connectivity index (χ2v) is 8.41. The molecule has 178 valence electrons. The minimum Gasteiger partial charge on any atom is -0.494 e. The van der Waals surface area contributed by atoms with Crippen LogP contribution in [0.1, 0.15) is 30.3 Å². The van der Waals surface area contributed by atoms with E-state index in [9.17, 15) is 8.78 Å².